The van der Waals surface area contributed by atoms with Gasteiger partial charge in [-0.15, -0.1) is 0 Å². The Hall–Kier alpha value is -2.38. The number of nitrogens with zero attached hydrogens (tertiary/aromatic N) is 5. The average Bonchev–Trinajstić information content (AvgIpc) is 2.29. The fourth-order valence-electron chi connectivity index (χ4n) is 0.983. The second kappa shape index (κ2) is 5.37. The van der Waals surface area contributed by atoms with Crippen molar-refractivity contribution in [3.8, 4) is 12.1 Å². The van der Waals surface area contributed by atoms with Crippen molar-refractivity contribution in [2.45, 2.75) is 0 Å². The van der Waals surface area contributed by atoms with Gasteiger partial charge in [-0.2, -0.15) is 15.5 Å². The van der Waals surface area contributed by atoms with Gasteiger partial charge < -0.3 is 4.90 Å². The molecule has 15 heavy (non-hydrogen) atoms. The van der Waals surface area contributed by atoms with E-state index < -0.39 is 0 Å². The molecule has 1 aromatic rings. The van der Waals surface area contributed by atoms with E-state index >= 15 is 0 Å². The summed E-state index contributed by atoms with van der Waals surface area (Å²) in [6.07, 6.45) is 1.50. The molecule has 1 aromatic heterocycles. The summed E-state index contributed by atoms with van der Waals surface area (Å²) in [7, 11) is 0. The van der Waals surface area contributed by atoms with Crippen LogP contribution in [0.3, 0.4) is 0 Å². The number of nitriles is 2. The molecule has 0 aromatic carbocycles. The van der Waals surface area contributed by atoms with E-state index in [1.165, 1.54) is 11.1 Å². The Morgan fingerprint density at radius 2 is 2.07 bits per heavy atom. The number of hydrazine groups is 1. The van der Waals surface area contributed by atoms with Crippen LogP contribution in [0.25, 0.3) is 0 Å². The van der Waals surface area contributed by atoms with E-state index in [1.807, 2.05) is 12.1 Å². The van der Waals surface area contributed by atoms with Gasteiger partial charge in [0.05, 0.1) is 12.1 Å². The van der Waals surface area contributed by atoms with Crippen molar-refractivity contribution >= 4 is 11.8 Å². The van der Waals surface area contributed by atoms with Gasteiger partial charge in [-0.1, -0.05) is 0 Å². The number of hydrogen-bond acceptors (Lipinski definition) is 7. The minimum absolute atomic E-state index is 0.0918. The first-order valence-corrected chi connectivity index (χ1v) is 4.10. The number of hydrogen-bond donors (Lipinski definition) is 2. The van der Waals surface area contributed by atoms with Crippen LogP contribution in [0, 0.1) is 22.7 Å². The van der Waals surface area contributed by atoms with Gasteiger partial charge in [0.1, 0.15) is 18.9 Å². The fraction of sp³-hybridized carbons (Fsp3) is 0.250. The van der Waals surface area contributed by atoms with E-state index in [0.717, 1.165) is 0 Å². The summed E-state index contributed by atoms with van der Waals surface area (Å²) >= 11 is 0. The summed E-state index contributed by atoms with van der Waals surface area (Å²) in [4.78, 5) is 9.34. The summed E-state index contributed by atoms with van der Waals surface area (Å²) in [6, 6.07) is 5.51. The van der Waals surface area contributed by atoms with E-state index in [9.17, 15) is 0 Å². The number of nitrogens with one attached hydrogen (secondary N) is 1. The van der Waals surface area contributed by atoms with E-state index in [1.54, 1.807) is 6.07 Å². The lowest BCUT2D eigenvalue weighted by Crippen LogP contribution is -2.25. The summed E-state index contributed by atoms with van der Waals surface area (Å²) in [6.45, 7) is 0.184. The molecule has 1 rings (SSSR count). The molecule has 0 amide bonds. The highest BCUT2D eigenvalue weighted by molar-refractivity contribution is 5.43. The zero-order valence-electron chi connectivity index (χ0n) is 7.88. The zero-order valence-corrected chi connectivity index (χ0v) is 7.88. The lowest BCUT2D eigenvalue weighted by Gasteiger charge is -2.16. The van der Waals surface area contributed by atoms with Gasteiger partial charge in [0.15, 0.2) is 0 Å². The van der Waals surface area contributed by atoms with Crippen LogP contribution in [-0.2, 0) is 0 Å². The standard InChI is InChI=1S/C8H9N7/c9-2-5-15(6-3-10)7-1-4-12-8(13-7)14-11/h1,4H,5-6,11H2,(H,12,13,14). The van der Waals surface area contributed by atoms with E-state index in [2.05, 4.69) is 15.4 Å². The molecular formula is C8H9N7. The van der Waals surface area contributed by atoms with Gasteiger partial charge in [-0.05, 0) is 6.07 Å². The minimum atomic E-state index is 0.0918. The van der Waals surface area contributed by atoms with Gasteiger partial charge in [0.2, 0.25) is 5.95 Å². The summed E-state index contributed by atoms with van der Waals surface area (Å²) in [5, 5.41) is 17.1. The maximum atomic E-state index is 8.57. The summed E-state index contributed by atoms with van der Waals surface area (Å²) in [5.74, 6) is 5.87. The SMILES string of the molecule is N#CCN(CC#N)c1ccnc(NN)n1. The Morgan fingerprint density at radius 1 is 1.40 bits per heavy atom. The fourth-order valence-corrected chi connectivity index (χ4v) is 0.983. The summed E-state index contributed by atoms with van der Waals surface area (Å²) < 4.78 is 0. The predicted octanol–water partition coefficient (Wildman–Crippen LogP) is -0.384. The van der Waals surface area contributed by atoms with Crippen LogP contribution in [-0.4, -0.2) is 23.1 Å². The molecular weight excluding hydrogens is 194 g/mol. The maximum Gasteiger partial charge on any atom is 0.239 e. The van der Waals surface area contributed by atoms with E-state index in [4.69, 9.17) is 16.4 Å². The third-order valence-corrected chi connectivity index (χ3v) is 1.62. The highest BCUT2D eigenvalue weighted by atomic mass is 15.3. The molecule has 3 N–H and O–H groups in total. The molecule has 0 aliphatic heterocycles. The maximum absolute atomic E-state index is 8.57. The van der Waals surface area contributed by atoms with Crippen molar-refractivity contribution in [3.63, 3.8) is 0 Å². The Balaban J connectivity index is 2.91. The van der Waals surface area contributed by atoms with Crippen LogP contribution < -0.4 is 16.2 Å². The van der Waals surface area contributed by atoms with Crippen molar-refractivity contribution in [2.75, 3.05) is 23.4 Å². The molecule has 0 unspecified atom stereocenters. The Bertz CT molecular complexity index is 386. The lowest BCUT2D eigenvalue weighted by atomic mass is 10.4. The second-order valence-corrected chi connectivity index (χ2v) is 2.56. The van der Waals surface area contributed by atoms with Crippen LogP contribution >= 0.6 is 0 Å². The first-order valence-electron chi connectivity index (χ1n) is 4.10. The van der Waals surface area contributed by atoms with Gasteiger partial charge in [0.25, 0.3) is 0 Å². The Morgan fingerprint density at radius 3 is 2.60 bits per heavy atom. The van der Waals surface area contributed by atoms with Crippen LogP contribution in [0.2, 0.25) is 0 Å². The van der Waals surface area contributed by atoms with Crippen molar-refractivity contribution in [1.29, 1.82) is 10.5 Å². The zero-order chi connectivity index (χ0) is 11.1. The molecule has 0 saturated carbocycles. The van der Waals surface area contributed by atoms with Gasteiger partial charge in [-0.3, -0.25) is 5.43 Å². The Labute approximate surface area is 86.7 Å². The molecule has 0 aliphatic carbocycles. The van der Waals surface area contributed by atoms with Crippen LogP contribution in [0.4, 0.5) is 11.8 Å². The molecule has 1 heterocycles. The van der Waals surface area contributed by atoms with Crippen LogP contribution in [0.15, 0.2) is 12.3 Å². The van der Waals surface area contributed by atoms with Gasteiger partial charge in [0, 0.05) is 6.20 Å². The molecule has 0 radical (unpaired) electrons. The first kappa shape index (κ1) is 10.7. The third kappa shape index (κ3) is 2.79. The molecule has 0 saturated heterocycles. The minimum Gasteiger partial charge on any atom is -0.330 e. The van der Waals surface area contributed by atoms with Crippen molar-refractivity contribution in [3.05, 3.63) is 12.3 Å². The Kier molecular flexibility index (Phi) is 3.83. The predicted molar refractivity (Wildman–Crippen MR) is 53.3 cm³/mol. The second-order valence-electron chi connectivity index (χ2n) is 2.56. The average molecular weight is 203 g/mol. The smallest absolute Gasteiger partial charge is 0.239 e. The van der Waals surface area contributed by atoms with Crippen molar-refractivity contribution in [2.24, 2.45) is 5.84 Å². The van der Waals surface area contributed by atoms with Gasteiger partial charge >= 0.3 is 0 Å². The highest BCUT2D eigenvalue weighted by Gasteiger charge is 2.07. The molecule has 0 aliphatic rings. The topological polar surface area (TPSA) is 115 Å². The number of anilines is 2. The van der Waals surface area contributed by atoms with E-state index in [-0.39, 0.29) is 19.0 Å². The molecule has 7 nitrogen and oxygen atoms in total. The summed E-state index contributed by atoms with van der Waals surface area (Å²) in [5.41, 5.74) is 2.29. The first-order chi connectivity index (χ1) is 7.31. The highest BCUT2D eigenvalue weighted by Crippen LogP contribution is 2.10. The molecule has 76 valence electrons. The van der Waals surface area contributed by atoms with E-state index in [0.29, 0.717) is 5.82 Å². The number of aromatic nitrogens is 2. The quantitative estimate of drug-likeness (QED) is 0.389. The molecule has 0 bridgehead atoms. The number of rotatable bonds is 4. The monoisotopic (exact) mass is 203 g/mol. The number of nitrogens with two attached hydrogens (primary N) is 1. The van der Waals surface area contributed by atoms with Gasteiger partial charge in [-0.25, -0.2) is 10.8 Å². The third-order valence-electron chi connectivity index (χ3n) is 1.62. The van der Waals surface area contributed by atoms with Crippen molar-refractivity contribution < 1.29 is 0 Å². The molecule has 0 atom stereocenters. The largest absolute Gasteiger partial charge is 0.330 e. The van der Waals surface area contributed by atoms with Crippen LogP contribution in [0.5, 0.6) is 0 Å². The van der Waals surface area contributed by atoms with Crippen LogP contribution in [0.1, 0.15) is 0 Å². The van der Waals surface area contributed by atoms with Crippen molar-refractivity contribution in [1.82, 2.24) is 9.97 Å². The molecule has 7 heteroatoms. The molecule has 0 fully saturated rings. The normalized spacial score (nSPS) is 8.73. The molecule has 0 spiro atoms. The number of nitrogen functional groups attached to an aromatic ring is 1. The lowest BCUT2D eigenvalue weighted by molar-refractivity contribution is 0.925.